The summed E-state index contributed by atoms with van der Waals surface area (Å²) in [5.74, 6) is 0. The van der Waals surface area contributed by atoms with Gasteiger partial charge in [-0.05, 0) is 39.3 Å². The van der Waals surface area contributed by atoms with E-state index >= 15 is 0 Å². The van der Waals surface area contributed by atoms with Crippen molar-refractivity contribution in [3.63, 3.8) is 0 Å². The number of hydrogen-bond acceptors (Lipinski definition) is 4. The summed E-state index contributed by atoms with van der Waals surface area (Å²) >= 11 is 0. The molecule has 1 aromatic carbocycles. The van der Waals surface area contributed by atoms with Crippen molar-refractivity contribution in [2.24, 2.45) is 0 Å². The monoisotopic (exact) mass is 309 g/mol. The molecule has 0 aliphatic carbocycles. The van der Waals surface area contributed by atoms with Gasteiger partial charge in [-0.3, -0.25) is 4.79 Å². The van der Waals surface area contributed by atoms with E-state index in [-0.39, 0.29) is 11.7 Å². The summed E-state index contributed by atoms with van der Waals surface area (Å²) in [5, 5.41) is 8.23. The highest BCUT2D eigenvalue weighted by molar-refractivity contribution is 5.80. The molecule has 6 heteroatoms. The van der Waals surface area contributed by atoms with Gasteiger partial charge in [0.05, 0.1) is 11.4 Å². The quantitative estimate of drug-likeness (QED) is 0.730. The minimum atomic E-state index is -0.389. The van der Waals surface area contributed by atoms with E-state index in [0.29, 0.717) is 6.41 Å². The van der Waals surface area contributed by atoms with Crippen molar-refractivity contribution in [2.45, 2.75) is 39.7 Å². The molecule has 0 bridgehead atoms. The molecule has 0 saturated carbocycles. The highest BCUT2D eigenvalue weighted by Crippen LogP contribution is 2.19. The smallest absolute Gasteiger partial charge is 0.407 e. The van der Waals surface area contributed by atoms with Crippen LogP contribution < -0.4 is 16.0 Å². The van der Waals surface area contributed by atoms with Crippen LogP contribution in [0.2, 0.25) is 0 Å². The van der Waals surface area contributed by atoms with Crippen LogP contribution in [0.3, 0.4) is 0 Å². The van der Waals surface area contributed by atoms with E-state index in [1.54, 1.807) is 0 Å². The van der Waals surface area contributed by atoms with Crippen LogP contribution in [0.5, 0.6) is 0 Å². The number of anilines is 2. The summed E-state index contributed by atoms with van der Waals surface area (Å²) in [6.45, 7) is 8.48. The Balaban J connectivity index is 0.000000433. The molecule has 2 amide bonds. The van der Waals surface area contributed by atoms with Gasteiger partial charge in [-0.25, -0.2) is 4.79 Å². The second-order valence-corrected chi connectivity index (χ2v) is 5.49. The van der Waals surface area contributed by atoms with Crippen molar-refractivity contribution in [1.29, 1.82) is 0 Å². The van der Waals surface area contributed by atoms with E-state index in [1.807, 2.05) is 45.0 Å². The van der Waals surface area contributed by atoms with Gasteiger partial charge >= 0.3 is 6.09 Å². The molecule has 22 heavy (non-hydrogen) atoms. The zero-order valence-corrected chi connectivity index (χ0v) is 14.0. The third-order valence-corrected chi connectivity index (χ3v) is 2.31. The number of alkyl carbamates (subject to hydrolysis) is 1. The molecule has 0 fully saturated rings. The maximum absolute atomic E-state index is 10.5. The van der Waals surface area contributed by atoms with Crippen molar-refractivity contribution in [3.8, 4) is 0 Å². The fourth-order valence-corrected chi connectivity index (χ4v) is 1.42. The summed E-state index contributed by atoms with van der Waals surface area (Å²) in [7, 11) is 1.54. The number of para-hydroxylation sites is 2. The van der Waals surface area contributed by atoms with Gasteiger partial charge in [0.1, 0.15) is 5.60 Å². The lowest BCUT2D eigenvalue weighted by molar-refractivity contribution is -0.105. The standard InChI is InChI=1S/C10H14N2O.C6H13NO2/c1-2-7-11-9-5-3-4-6-10(9)12-8-13;1-6(2,3)9-5(8)7-4/h3-6,8,11H,2,7H2,1H3,(H,12,13);1-4H3,(H,7,8). The van der Waals surface area contributed by atoms with Crippen LogP contribution in [0.25, 0.3) is 0 Å². The maximum atomic E-state index is 10.5. The van der Waals surface area contributed by atoms with Gasteiger partial charge in [0.25, 0.3) is 0 Å². The van der Waals surface area contributed by atoms with Crippen LogP contribution in [-0.2, 0) is 9.53 Å². The van der Waals surface area contributed by atoms with Crippen LogP contribution in [0.15, 0.2) is 24.3 Å². The Labute approximate surface area is 132 Å². The van der Waals surface area contributed by atoms with Crippen LogP contribution in [-0.4, -0.2) is 31.7 Å². The van der Waals surface area contributed by atoms with Gasteiger partial charge in [0.2, 0.25) is 6.41 Å². The van der Waals surface area contributed by atoms with Gasteiger partial charge in [-0.1, -0.05) is 19.1 Å². The summed E-state index contributed by atoms with van der Waals surface area (Å²) in [5.41, 5.74) is 1.41. The SMILES string of the molecule is CCCNc1ccccc1NC=O.CNC(=O)OC(C)(C)C. The average molecular weight is 309 g/mol. The molecule has 1 rings (SSSR count). The van der Waals surface area contributed by atoms with Crippen LogP contribution in [0.1, 0.15) is 34.1 Å². The Hall–Kier alpha value is -2.24. The van der Waals surface area contributed by atoms with Gasteiger partial charge in [-0.2, -0.15) is 0 Å². The summed E-state index contributed by atoms with van der Waals surface area (Å²) < 4.78 is 4.84. The van der Waals surface area contributed by atoms with Crippen molar-refractivity contribution in [3.05, 3.63) is 24.3 Å². The predicted molar refractivity (Wildman–Crippen MR) is 90.2 cm³/mol. The first-order valence-electron chi connectivity index (χ1n) is 7.27. The molecule has 6 nitrogen and oxygen atoms in total. The molecular weight excluding hydrogens is 282 g/mol. The maximum Gasteiger partial charge on any atom is 0.407 e. The molecule has 0 saturated heterocycles. The summed E-state index contributed by atoms with van der Waals surface area (Å²) in [6.07, 6.45) is 1.37. The number of nitrogens with one attached hydrogen (secondary N) is 3. The molecule has 0 radical (unpaired) electrons. The molecule has 1 aromatic rings. The Morgan fingerprint density at radius 1 is 1.23 bits per heavy atom. The predicted octanol–water partition coefficient (Wildman–Crippen LogP) is 3.22. The Morgan fingerprint density at radius 2 is 1.82 bits per heavy atom. The zero-order valence-electron chi connectivity index (χ0n) is 14.0. The molecule has 0 heterocycles. The fraction of sp³-hybridized carbons (Fsp3) is 0.500. The second kappa shape index (κ2) is 10.5. The van der Waals surface area contributed by atoms with E-state index in [4.69, 9.17) is 4.74 Å². The third-order valence-electron chi connectivity index (χ3n) is 2.31. The number of amides is 2. The average Bonchev–Trinajstić information content (AvgIpc) is 2.45. The number of carbonyl (C=O) groups is 2. The van der Waals surface area contributed by atoms with Gasteiger partial charge in [0, 0.05) is 13.6 Å². The van der Waals surface area contributed by atoms with E-state index < -0.39 is 0 Å². The highest BCUT2D eigenvalue weighted by Gasteiger charge is 2.13. The topological polar surface area (TPSA) is 79.5 Å². The fourth-order valence-electron chi connectivity index (χ4n) is 1.42. The number of ether oxygens (including phenoxy) is 1. The Bertz CT molecular complexity index is 456. The summed E-state index contributed by atoms with van der Waals surface area (Å²) in [4.78, 5) is 20.8. The molecular formula is C16H27N3O3. The molecule has 0 unspecified atom stereocenters. The third kappa shape index (κ3) is 9.63. The normalized spacial score (nSPS) is 9.86. The lowest BCUT2D eigenvalue weighted by Crippen LogP contribution is -2.30. The minimum Gasteiger partial charge on any atom is -0.444 e. The first-order chi connectivity index (χ1) is 10.3. The first kappa shape index (κ1) is 19.8. The van der Waals surface area contributed by atoms with Crippen molar-refractivity contribution in [1.82, 2.24) is 5.32 Å². The molecule has 0 aliphatic heterocycles. The number of hydrogen-bond donors (Lipinski definition) is 3. The van der Waals surface area contributed by atoms with Gasteiger partial charge in [0.15, 0.2) is 0 Å². The van der Waals surface area contributed by atoms with E-state index in [9.17, 15) is 9.59 Å². The van der Waals surface area contributed by atoms with Crippen molar-refractivity contribution < 1.29 is 14.3 Å². The lowest BCUT2D eigenvalue weighted by Gasteiger charge is -2.18. The molecule has 0 atom stereocenters. The number of carbonyl (C=O) groups excluding carboxylic acids is 2. The zero-order chi connectivity index (χ0) is 17.0. The first-order valence-corrected chi connectivity index (χ1v) is 7.27. The molecule has 0 aromatic heterocycles. The largest absolute Gasteiger partial charge is 0.444 e. The van der Waals surface area contributed by atoms with Crippen molar-refractivity contribution >= 4 is 23.9 Å². The lowest BCUT2D eigenvalue weighted by atomic mass is 10.2. The highest BCUT2D eigenvalue weighted by atomic mass is 16.6. The van der Waals surface area contributed by atoms with E-state index in [2.05, 4.69) is 22.9 Å². The Kier molecular flexibility index (Phi) is 9.41. The molecule has 3 N–H and O–H groups in total. The van der Waals surface area contributed by atoms with Crippen LogP contribution in [0.4, 0.5) is 16.2 Å². The van der Waals surface area contributed by atoms with Crippen LogP contribution >= 0.6 is 0 Å². The molecule has 0 spiro atoms. The van der Waals surface area contributed by atoms with Crippen molar-refractivity contribution in [2.75, 3.05) is 24.2 Å². The summed E-state index contributed by atoms with van der Waals surface area (Å²) in [6, 6.07) is 7.64. The van der Waals surface area contributed by atoms with E-state index in [0.717, 1.165) is 24.3 Å². The van der Waals surface area contributed by atoms with Crippen LogP contribution in [0, 0.1) is 0 Å². The van der Waals surface area contributed by atoms with Gasteiger partial charge in [-0.15, -0.1) is 0 Å². The minimum absolute atomic E-state index is 0.387. The number of benzene rings is 1. The van der Waals surface area contributed by atoms with Gasteiger partial charge < -0.3 is 20.7 Å². The second-order valence-electron chi connectivity index (χ2n) is 5.49. The molecule has 0 aliphatic rings. The number of rotatable bonds is 5. The van der Waals surface area contributed by atoms with E-state index in [1.165, 1.54) is 7.05 Å². The molecule has 124 valence electrons. The Morgan fingerprint density at radius 3 is 2.23 bits per heavy atom.